The van der Waals surface area contributed by atoms with Gasteiger partial charge in [-0.1, -0.05) is 48.5 Å². The van der Waals surface area contributed by atoms with Crippen LogP contribution < -0.4 is 0 Å². The molecule has 2 aromatic rings. The molecule has 162 valence electrons. The number of hydrogen-bond acceptors (Lipinski definition) is 4. The SMILES string of the molecule is CC(C)(C#N)c1ccc(CN2CCCN(Cc3ccc(C(C)(C)C#N)cc3)CC2)cc1. The molecule has 0 bridgehead atoms. The number of nitrogens with zero attached hydrogens (tertiary/aromatic N) is 4. The van der Waals surface area contributed by atoms with Gasteiger partial charge in [-0.3, -0.25) is 9.80 Å². The first kappa shape index (κ1) is 23.0. The summed E-state index contributed by atoms with van der Waals surface area (Å²) in [6.45, 7) is 14.1. The molecule has 1 heterocycles. The standard InChI is InChI=1S/C27H34N4/c1-26(2,20-28)24-10-6-22(7-11-24)18-30-14-5-15-31(17-16-30)19-23-8-12-25(13-9-23)27(3,4)21-29/h6-13H,5,14-19H2,1-4H3. The first-order valence-electron chi connectivity index (χ1n) is 11.2. The lowest BCUT2D eigenvalue weighted by Crippen LogP contribution is -2.30. The fourth-order valence-electron chi connectivity index (χ4n) is 4.04. The topological polar surface area (TPSA) is 54.1 Å². The van der Waals surface area contributed by atoms with Crippen LogP contribution in [0.2, 0.25) is 0 Å². The lowest BCUT2D eigenvalue weighted by molar-refractivity contribution is 0.247. The summed E-state index contributed by atoms with van der Waals surface area (Å²) >= 11 is 0. The highest BCUT2D eigenvalue weighted by Crippen LogP contribution is 2.24. The van der Waals surface area contributed by atoms with Gasteiger partial charge < -0.3 is 0 Å². The third-order valence-corrected chi connectivity index (χ3v) is 6.40. The Morgan fingerprint density at radius 2 is 1.00 bits per heavy atom. The van der Waals surface area contributed by atoms with Gasteiger partial charge >= 0.3 is 0 Å². The van der Waals surface area contributed by atoms with E-state index in [4.69, 9.17) is 0 Å². The van der Waals surface area contributed by atoms with Crippen molar-refractivity contribution in [3.63, 3.8) is 0 Å². The largest absolute Gasteiger partial charge is 0.298 e. The van der Waals surface area contributed by atoms with Gasteiger partial charge in [-0.25, -0.2) is 0 Å². The zero-order valence-electron chi connectivity index (χ0n) is 19.4. The normalized spacial score (nSPS) is 16.3. The molecular weight excluding hydrogens is 380 g/mol. The molecule has 0 aromatic heterocycles. The average molecular weight is 415 g/mol. The summed E-state index contributed by atoms with van der Waals surface area (Å²) in [5, 5.41) is 18.6. The third-order valence-electron chi connectivity index (χ3n) is 6.40. The van der Waals surface area contributed by atoms with Crippen LogP contribution in [0, 0.1) is 22.7 Å². The van der Waals surface area contributed by atoms with Crippen LogP contribution in [-0.4, -0.2) is 36.0 Å². The third kappa shape index (κ3) is 5.95. The van der Waals surface area contributed by atoms with Gasteiger partial charge in [-0.15, -0.1) is 0 Å². The second-order valence-electron chi connectivity index (χ2n) is 9.77. The summed E-state index contributed by atoms with van der Waals surface area (Å²) in [5.41, 5.74) is 3.88. The van der Waals surface area contributed by atoms with Crippen LogP contribution in [0.4, 0.5) is 0 Å². The molecule has 0 amide bonds. The van der Waals surface area contributed by atoms with E-state index >= 15 is 0 Å². The first-order valence-corrected chi connectivity index (χ1v) is 11.2. The number of rotatable bonds is 6. The van der Waals surface area contributed by atoms with Crippen LogP contribution in [0.5, 0.6) is 0 Å². The van der Waals surface area contributed by atoms with Crippen molar-refractivity contribution >= 4 is 0 Å². The van der Waals surface area contributed by atoms with Crippen molar-refractivity contribution in [3.05, 3.63) is 70.8 Å². The van der Waals surface area contributed by atoms with Gasteiger partial charge in [-0.05, 0) is 69.5 Å². The molecule has 1 saturated heterocycles. The van der Waals surface area contributed by atoms with Crippen molar-refractivity contribution in [3.8, 4) is 12.1 Å². The minimum Gasteiger partial charge on any atom is -0.298 e. The zero-order chi connectivity index (χ0) is 22.5. The van der Waals surface area contributed by atoms with Crippen LogP contribution in [0.1, 0.15) is 56.4 Å². The van der Waals surface area contributed by atoms with Gasteiger partial charge in [0.25, 0.3) is 0 Å². The Labute approximate surface area is 187 Å². The van der Waals surface area contributed by atoms with Gasteiger partial charge in [0.1, 0.15) is 0 Å². The van der Waals surface area contributed by atoms with Gasteiger partial charge in [0.15, 0.2) is 0 Å². The monoisotopic (exact) mass is 414 g/mol. The maximum Gasteiger partial charge on any atom is 0.0766 e. The number of nitriles is 2. The summed E-state index contributed by atoms with van der Waals surface area (Å²) in [5.74, 6) is 0. The van der Waals surface area contributed by atoms with Crippen LogP contribution in [0.3, 0.4) is 0 Å². The second-order valence-corrected chi connectivity index (χ2v) is 9.77. The van der Waals surface area contributed by atoms with E-state index in [9.17, 15) is 10.5 Å². The predicted molar refractivity (Wildman–Crippen MR) is 125 cm³/mol. The minimum absolute atomic E-state index is 0.440. The molecule has 2 aromatic carbocycles. The number of hydrogen-bond donors (Lipinski definition) is 0. The molecule has 1 aliphatic heterocycles. The van der Waals surface area contributed by atoms with Crippen molar-refractivity contribution in [2.24, 2.45) is 0 Å². The Morgan fingerprint density at radius 3 is 1.32 bits per heavy atom. The van der Waals surface area contributed by atoms with Gasteiger partial charge in [-0.2, -0.15) is 10.5 Å². The summed E-state index contributed by atoms with van der Waals surface area (Å²) in [7, 11) is 0. The average Bonchev–Trinajstić information content (AvgIpc) is 2.99. The number of benzene rings is 2. The van der Waals surface area contributed by atoms with Crippen LogP contribution in [0.25, 0.3) is 0 Å². The zero-order valence-corrected chi connectivity index (χ0v) is 19.4. The maximum absolute atomic E-state index is 9.32. The van der Waals surface area contributed by atoms with Crippen LogP contribution in [0.15, 0.2) is 48.5 Å². The predicted octanol–water partition coefficient (Wildman–Crippen LogP) is 5.00. The maximum atomic E-state index is 9.32. The van der Waals surface area contributed by atoms with Crippen molar-refractivity contribution in [1.82, 2.24) is 9.80 Å². The summed E-state index contributed by atoms with van der Waals surface area (Å²) in [6.07, 6.45) is 1.17. The molecule has 0 saturated carbocycles. The van der Waals surface area contributed by atoms with Gasteiger partial charge in [0, 0.05) is 26.2 Å². The molecule has 4 heteroatoms. The molecule has 0 aliphatic carbocycles. The Hall–Kier alpha value is -2.66. The molecule has 0 atom stereocenters. The van der Waals surface area contributed by atoms with Crippen LogP contribution >= 0.6 is 0 Å². The highest BCUT2D eigenvalue weighted by Gasteiger charge is 2.21. The smallest absolute Gasteiger partial charge is 0.0766 e. The molecule has 0 unspecified atom stereocenters. The Morgan fingerprint density at radius 1 is 0.645 bits per heavy atom. The van der Waals surface area contributed by atoms with E-state index in [0.29, 0.717) is 0 Å². The van der Waals surface area contributed by atoms with E-state index in [1.54, 1.807) is 0 Å². The Balaban J connectivity index is 1.54. The molecule has 1 aliphatic rings. The first-order chi connectivity index (χ1) is 14.7. The highest BCUT2D eigenvalue weighted by molar-refractivity contribution is 5.33. The molecular formula is C27H34N4. The van der Waals surface area contributed by atoms with Crippen molar-refractivity contribution < 1.29 is 0 Å². The second kappa shape index (κ2) is 9.65. The molecule has 4 nitrogen and oxygen atoms in total. The molecule has 3 rings (SSSR count). The van der Waals surface area contributed by atoms with E-state index in [2.05, 4.69) is 70.5 Å². The molecule has 0 radical (unpaired) electrons. The summed E-state index contributed by atoms with van der Waals surface area (Å²) in [6, 6.07) is 21.8. The van der Waals surface area contributed by atoms with Crippen molar-refractivity contribution in [1.29, 1.82) is 10.5 Å². The Bertz CT molecular complexity index is 863. The van der Waals surface area contributed by atoms with E-state index < -0.39 is 10.8 Å². The van der Waals surface area contributed by atoms with E-state index in [-0.39, 0.29) is 0 Å². The quantitative estimate of drug-likeness (QED) is 0.668. The van der Waals surface area contributed by atoms with Crippen molar-refractivity contribution in [2.75, 3.05) is 26.2 Å². The van der Waals surface area contributed by atoms with E-state index in [0.717, 1.165) is 50.4 Å². The minimum atomic E-state index is -0.440. The highest BCUT2D eigenvalue weighted by atomic mass is 15.2. The molecule has 0 N–H and O–H groups in total. The van der Waals surface area contributed by atoms with Crippen LogP contribution in [-0.2, 0) is 23.9 Å². The molecule has 0 spiro atoms. The molecule has 31 heavy (non-hydrogen) atoms. The van der Waals surface area contributed by atoms with E-state index in [1.807, 2.05) is 27.7 Å². The summed E-state index contributed by atoms with van der Waals surface area (Å²) < 4.78 is 0. The van der Waals surface area contributed by atoms with Crippen molar-refractivity contribution in [2.45, 2.75) is 58.0 Å². The molecule has 1 fully saturated rings. The fourth-order valence-corrected chi connectivity index (χ4v) is 4.04. The summed E-state index contributed by atoms with van der Waals surface area (Å²) in [4.78, 5) is 5.06. The van der Waals surface area contributed by atoms with Gasteiger partial charge in [0.2, 0.25) is 0 Å². The van der Waals surface area contributed by atoms with Gasteiger partial charge in [0.05, 0.1) is 23.0 Å². The van der Waals surface area contributed by atoms with E-state index in [1.165, 1.54) is 17.5 Å². The fraction of sp³-hybridized carbons (Fsp3) is 0.481. The lowest BCUT2D eigenvalue weighted by Gasteiger charge is -2.23. The lowest BCUT2D eigenvalue weighted by atomic mass is 9.86. The Kier molecular flexibility index (Phi) is 7.16.